The Morgan fingerprint density at radius 2 is 1.86 bits per heavy atom. The number of aliphatic carboxylic acids is 1. The number of carbonyl (C=O) groups is 3. The van der Waals surface area contributed by atoms with Crippen LogP contribution in [0, 0.1) is 5.41 Å². The Labute approximate surface area is 123 Å². The van der Waals surface area contributed by atoms with Gasteiger partial charge in [0.05, 0.1) is 18.6 Å². The number of nitrogens with zero attached hydrogens (tertiary/aromatic N) is 1. The Kier molecular flexibility index (Phi) is 5.95. The molecule has 0 bridgehead atoms. The summed E-state index contributed by atoms with van der Waals surface area (Å²) in [6, 6.07) is -1.23. The molecule has 0 spiro atoms. The van der Waals surface area contributed by atoms with Gasteiger partial charge in [0, 0.05) is 19.6 Å². The van der Waals surface area contributed by atoms with Gasteiger partial charge < -0.3 is 25.4 Å². The lowest BCUT2D eigenvalue weighted by atomic mass is 9.94. The third-order valence-electron chi connectivity index (χ3n) is 3.31. The van der Waals surface area contributed by atoms with Crippen molar-refractivity contribution in [2.75, 3.05) is 32.8 Å². The van der Waals surface area contributed by atoms with Crippen molar-refractivity contribution in [2.45, 2.75) is 26.8 Å². The zero-order chi connectivity index (χ0) is 16.0. The van der Waals surface area contributed by atoms with E-state index in [4.69, 9.17) is 9.84 Å². The van der Waals surface area contributed by atoms with Gasteiger partial charge in [-0.2, -0.15) is 0 Å². The van der Waals surface area contributed by atoms with Crippen LogP contribution in [-0.2, 0) is 14.3 Å². The molecule has 0 saturated carbocycles. The molecule has 1 aliphatic heterocycles. The molecular formula is C13H23N3O5. The summed E-state index contributed by atoms with van der Waals surface area (Å²) in [4.78, 5) is 36.3. The van der Waals surface area contributed by atoms with Gasteiger partial charge in [-0.05, 0) is 20.8 Å². The van der Waals surface area contributed by atoms with Crippen LogP contribution < -0.4 is 10.6 Å². The van der Waals surface area contributed by atoms with Gasteiger partial charge in [-0.15, -0.1) is 0 Å². The molecular weight excluding hydrogens is 278 g/mol. The molecule has 0 aliphatic carbocycles. The van der Waals surface area contributed by atoms with Crippen LogP contribution in [0.25, 0.3) is 0 Å². The molecule has 120 valence electrons. The molecule has 3 amide bonds. The van der Waals surface area contributed by atoms with Crippen molar-refractivity contribution in [1.82, 2.24) is 15.5 Å². The molecule has 8 nitrogen and oxygen atoms in total. The molecule has 21 heavy (non-hydrogen) atoms. The van der Waals surface area contributed by atoms with Crippen LogP contribution in [0.5, 0.6) is 0 Å². The second-order valence-electron chi connectivity index (χ2n) is 5.68. The highest BCUT2D eigenvalue weighted by atomic mass is 16.5. The van der Waals surface area contributed by atoms with Crippen LogP contribution in [0.2, 0.25) is 0 Å². The van der Waals surface area contributed by atoms with Crippen molar-refractivity contribution < 1.29 is 24.2 Å². The fraction of sp³-hybridized carbons (Fsp3) is 0.769. The number of carboxylic acids is 1. The van der Waals surface area contributed by atoms with Crippen LogP contribution in [0.3, 0.4) is 0 Å². The van der Waals surface area contributed by atoms with Gasteiger partial charge in [-0.25, -0.2) is 4.79 Å². The number of rotatable bonds is 5. The quantitative estimate of drug-likeness (QED) is 0.643. The SMILES string of the molecule is CC(NC(=O)NCC(C)(C)C(=O)O)C(=O)N1CCOCC1. The fourth-order valence-electron chi connectivity index (χ4n) is 1.74. The monoisotopic (exact) mass is 301 g/mol. The van der Waals surface area contributed by atoms with Gasteiger partial charge in [0.15, 0.2) is 0 Å². The summed E-state index contributed by atoms with van der Waals surface area (Å²) in [7, 11) is 0. The molecule has 1 rings (SSSR count). The first-order chi connectivity index (χ1) is 9.74. The summed E-state index contributed by atoms with van der Waals surface area (Å²) in [6.07, 6.45) is 0. The highest BCUT2D eigenvalue weighted by Crippen LogP contribution is 2.12. The molecule has 1 saturated heterocycles. The Bertz CT molecular complexity index is 405. The first-order valence-corrected chi connectivity index (χ1v) is 6.88. The van der Waals surface area contributed by atoms with Crippen LogP contribution >= 0.6 is 0 Å². The maximum Gasteiger partial charge on any atom is 0.315 e. The Morgan fingerprint density at radius 3 is 2.38 bits per heavy atom. The predicted octanol–water partition coefficient (Wildman–Crippen LogP) is -0.356. The van der Waals surface area contributed by atoms with Gasteiger partial charge in [-0.1, -0.05) is 0 Å². The van der Waals surface area contributed by atoms with Gasteiger partial charge in [0.2, 0.25) is 5.91 Å². The Balaban J connectivity index is 2.39. The molecule has 0 aromatic heterocycles. The number of carboxylic acid groups (broad SMARTS) is 1. The average molecular weight is 301 g/mol. The lowest BCUT2D eigenvalue weighted by Gasteiger charge is -2.29. The fourth-order valence-corrected chi connectivity index (χ4v) is 1.74. The Hall–Kier alpha value is -1.83. The largest absolute Gasteiger partial charge is 0.481 e. The van der Waals surface area contributed by atoms with Crippen LogP contribution in [0.15, 0.2) is 0 Å². The number of urea groups is 1. The highest BCUT2D eigenvalue weighted by Gasteiger charge is 2.28. The van der Waals surface area contributed by atoms with E-state index >= 15 is 0 Å². The molecule has 1 atom stereocenters. The van der Waals surface area contributed by atoms with Gasteiger partial charge in [0.25, 0.3) is 0 Å². The second-order valence-corrected chi connectivity index (χ2v) is 5.68. The minimum atomic E-state index is -1.06. The van der Waals surface area contributed by atoms with E-state index in [2.05, 4.69) is 10.6 Å². The van der Waals surface area contributed by atoms with Crippen molar-refractivity contribution in [1.29, 1.82) is 0 Å². The minimum absolute atomic E-state index is 0.0212. The Morgan fingerprint density at radius 1 is 1.29 bits per heavy atom. The molecule has 1 heterocycles. The number of nitrogens with one attached hydrogen (secondary N) is 2. The van der Waals surface area contributed by atoms with E-state index in [1.165, 1.54) is 13.8 Å². The molecule has 0 aromatic rings. The molecule has 3 N–H and O–H groups in total. The van der Waals surface area contributed by atoms with Gasteiger partial charge >= 0.3 is 12.0 Å². The molecule has 1 unspecified atom stereocenters. The number of amides is 3. The van der Waals surface area contributed by atoms with Crippen molar-refractivity contribution in [2.24, 2.45) is 5.41 Å². The molecule has 8 heteroatoms. The van der Waals surface area contributed by atoms with E-state index < -0.39 is 23.5 Å². The average Bonchev–Trinajstić information content (AvgIpc) is 2.45. The minimum Gasteiger partial charge on any atom is -0.481 e. The summed E-state index contributed by atoms with van der Waals surface area (Å²) < 4.78 is 5.16. The van der Waals surface area contributed by atoms with Crippen molar-refractivity contribution in [3.63, 3.8) is 0 Å². The summed E-state index contributed by atoms with van der Waals surface area (Å²) in [5.74, 6) is -1.17. The number of hydrogen-bond acceptors (Lipinski definition) is 4. The van der Waals surface area contributed by atoms with E-state index in [-0.39, 0.29) is 12.5 Å². The predicted molar refractivity (Wildman–Crippen MR) is 74.8 cm³/mol. The first-order valence-electron chi connectivity index (χ1n) is 6.88. The highest BCUT2D eigenvalue weighted by molar-refractivity contribution is 5.87. The molecule has 1 fully saturated rings. The maximum atomic E-state index is 12.1. The number of carbonyl (C=O) groups excluding carboxylic acids is 2. The zero-order valence-electron chi connectivity index (χ0n) is 12.6. The number of hydrogen-bond donors (Lipinski definition) is 3. The first kappa shape index (κ1) is 17.2. The third kappa shape index (κ3) is 5.22. The van der Waals surface area contributed by atoms with Gasteiger partial charge in [-0.3, -0.25) is 9.59 Å². The molecule has 0 radical (unpaired) electrons. The van der Waals surface area contributed by atoms with Crippen molar-refractivity contribution in [3.8, 4) is 0 Å². The topological polar surface area (TPSA) is 108 Å². The van der Waals surface area contributed by atoms with E-state index in [0.29, 0.717) is 26.3 Å². The van der Waals surface area contributed by atoms with E-state index in [9.17, 15) is 14.4 Å². The number of morpholine rings is 1. The lowest BCUT2D eigenvalue weighted by Crippen LogP contribution is -2.53. The van der Waals surface area contributed by atoms with E-state index in [1.807, 2.05) is 0 Å². The smallest absolute Gasteiger partial charge is 0.315 e. The summed E-state index contributed by atoms with van der Waals surface area (Å²) in [5.41, 5.74) is -1.06. The van der Waals surface area contributed by atoms with Crippen LogP contribution in [0.4, 0.5) is 4.79 Å². The number of ether oxygens (including phenoxy) is 1. The van der Waals surface area contributed by atoms with Crippen molar-refractivity contribution in [3.05, 3.63) is 0 Å². The summed E-state index contributed by atoms with van der Waals surface area (Å²) in [6.45, 7) is 6.62. The maximum absolute atomic E-state index is 12.1. The van der Waals surface area contributed by atoms with Gasteiger partial charge in [0.1, 0.15) is 6.04 Å². The normalized spacial score (nSPS) is 17.0. The summed E-state index contributed by atoms with van der Waals surface area (Å²) >= 11 is 0. The van der Waals surface area contributed by atoms with Crippen LogP contribution in [-0.4, -0.2) is 66.8 Å². The summed E-state index contributed by atoms with van der Waals surface area (Å²) in [5, 5.41) is 13.9. The van der Waals surface area contributed by atoms with Crippen molar-refractivity contribution >= 4 is 17.9 Å². The standard InChI is InChI=1S/C13H23N3O5/c1-9(10(17)16-4-6-21-7-5-16)15-12(20)14-8-13(2,3)11(18)19/h9H,4-8H2,1-3H3,(H,18,19)(H2,14,15,20). The molecule has 1 aliphatic rings. The van der Waals surface area contributed by atoms with Crippen LogP contribution in [0.1, 0.15) is 20.8 Å². The lowest BCUT2D eigenvalue weighted by molar-refractivity contribution is -0.146. The van der Waals surface area contributed by atoms with E-state index in [0.717, 1.165) is 0 Å². The second kappa shape index (κ2) is 7.26. The van der Waals surface area contributed by atoms with E-state index in [1.54, 1.807) is 11.8 Å². The molecule has 0 aromatic carbocycles. The zero-order valence-corrected chi connectivity index (χ0v) is 12.6. The third-order valence-corrected chi connectivity index (χ3v) is 3.31.